The maximum Gasteiger partial charge on any atom is 0.336 e. The van der Waals surface area contributed by atoms with E-state index in [9.17, 15) is 4.79 Å². The Balaban J connectivity index is 3.02. The van der Waals surface area contributed by atoms with Gasteiger partial charge in [-0.1, -0.05) is 36.9 Å². The Bertz CT molecular complexity index is 393. The predicted octanol–water partition coefficient (Wildman–Crippen LogP) is 3.03. The first-order valence-electron chi connectivity index (χ1n) is 4.37. The summed E-state index contributed by atoms with van der Waals surface area (Å²) in [6.07, 6.45) is 1.82. The molecule has 1 N–H and O–H groups in total. The lowest BCUT2D eigenvalue weighted by Gasteiger charge is -2.06. The number of hydrogen-bond acceptors (Lipinski definition) is 2. The number of carboxylic acid groups (broad SMARTS) is 1. The van der Waals surface area contributed by atoms with E-state index in [1.165, 1.54) is 11.8 Å². The lowest BCUT2D eigenvalue weighted by molar-refractivity contribution is -0.132. The lowest BCUT2D eigenvalue weighted by Crippen LogP contribution is -2.01. The molecule has 0 unspecified atom stereocenters. The second kappa shape index (κ2) is 5.41. The zero-order valence-corrected chi connectivity index (χ0v) is 9.25. The Morgan fingerprint density at radius 2 is 2.00 bits per heavy atom. The van der Waals surface area contributed by atoms with Crippen molar-refractivity contribution in [2.75, 3.05) is 6.26 Å². The molecule has 0 saturated heterocycles. The van der Waals surface area contributed by atoms with Gasteiger partial charge in [-0.2, -0.15) is 0 Å². The van der Waals surface area contributed by atoms with Crippen LogP contribution in [0.5, 0.6) is 0 Å². The molecule has 78 valence electrons. The molecule has 0 bridgehead atoms. The highest BCUT2D eigenvalue weighted by Gasteiger charge is 2.12. The van der Waals surface area contributed by atoms with Crippen LogP contribution in [0.1, 0.15) is 5.56 Å². The number of aliphatic carboxylic acids is 1. The van der Waals surface area contributed by atoms with Crippen molar-refractivity contribution >= 4 is 23.3 Å². The van der Waals surface area contributed by atoms with Crippen molar-refractivity contribution in [2.24, 2.45) is 0 Å². The van der Waals surface area contributed by atoms with E-state index in [0.717, 1.165) is 5.56 Å². The van der Waals surface area contributed by atoms with E-state index < -0.39 is 5.97 Å². The smallest absolute Gasteiger partial charge is 0.336 e. The minimum absolute atomic E-state index is 0.244. The first kappa shape index (κ1) is 11.6. The van der Waals surface area contributed by atoms with Crippen LogP contribution in [0.3, 0.4) is 0 Å². The summed E-state index contributed by atoms with van der Waals surface area (Å²) in [5, 5.41) is 10.6. The van der Waals surface area contributed by atoms with Crippen LogP contribution in [0.4, 0.5) is 0 Å². The van der Waals surface area contributed by atoms with Crippen molar-refractivity contribution in [3.63, 3.8) is 0 Å². The molecular formula is C12H12O2S. The number of carbonyl (C=O) groups is 1. The highest BCUT2D eigenvalue weighted by molar-refractivity contribution is 8.01. The summed E-state index contributed by atoms with van der Waals surface area (Å²) in [5.41, 5.74) is 1.62. The fourth-order valence-corrected chi connectivity index (χ4v) is 1.64. The summed E-state index contributed by atoms with van der Waals surface area (Å²) in [7, 11) is 0. The highest BCUT2D eigenvalue weighted by atomic mass is 32.2. The largest absolute Gasteiger partial charge is 0.478 e. The molecule has 1 aromatic rings. The third-order valence-electron chi connectivity index (χ3n) is 1.91. The Labute approximate surface area is 93.3 Å². The molecule has 0 spiro atoms. The molecule has 0 aliphatic heterocycles. The van der Waals surface area contributed by atoms with E-state index in [4.69, 9.17) is 5.11 Å². The maximum atomic E-state index is 11.0. The monoisotopic (exact) mass is 220 g/mol. The van der Waals surface area contributed by atoms with Crippen LogP contribution in [-0.2, 0) is 4.79 Å². The molecule has 0 amide bonds. The molecule has 0 aliphatic rings. The third-order valence-corrected chi connectivity index (χ3v) is 2.38. The predicted molar refractivity (Wildman–Crippen MR) is 64.7 cm³/mol. The fraction of sp³-hybridized carbons (Fsp3) is 0.0833. The molecule has 15 heavy (non-hydrogen) atoms. The van der Waals surface area contributed by atoms with Crippen molar-refractivity contribution in [1.82, 2.24) is 0 Å². The SMILES string of the molecule is C=C(/C(=C\SC)C(=O)O)c1ccccc1. The molecule has 0 saturated carbocycles. The van der Waals surface area contributed by atoms with Crippen LogP contribution in [-0.4, -0.2) is 17.3 Å². The summed E-state index contributed by atoms with van der Waals surface area (Å²) in [6, 6.07) is 9.30. The van der Waals surface area contributed by atoms with Gasteiger partial charge in [0.05, 0.1) is 5.57 Å². The molecule has 1 aromatic carbocycles. The number of thioether (sulfide) groups is 1. The van der Waals surface area contributed by atoms with Crippen molar-refractivity contribution < 1.29 is 9.90 Å². The van der Waals surface area contributed by atoms with Gasteiger partial charge in [0.1, 0.15) is 0 Å². The zero-order chi connectivity index (χ0) is 11.3. The van der Waals surface area contributed by atoms with E-state index in [2.05, 4.69) is 6.58 Å². The minimum atomic E-state index is -0.946. The van der Waals surface area contributed by atoms with Crippen LogP contribution in [0.15, 0.2) is 47.9 Å². The van der Waals surface area contributed by atoms with E-state index >= 15 is 0 Å². The summed E-state index contributed by atoms with van der Waals surface area (Å²) < 4.78 is 0. The van der Waals surface area contributed by atoms with Gasteiger partial charge in [0.25, 0.3) is 0 Å². The number of rotatable bonds is 4. The summed E-state index contributed by atoms with van der Waals surface area (Å²) in [6.45, 7) is 3.80. The minimum Gasteiger partial charge on any atom is -0.478 e. The molecule has 0 fully saturated rings. The Hall–Kier alpha value is -1.48. The molecule has 0 atom stereocenters. The van der Waals surface area contributed by atoms with Gasteiger partial charge in [0, 0.05) is 0 Å². The van der Waals surface area contributed by atoms with E-state index in [0.29, 0.717) is 5.57 Å². The van der Waals surface area contributed by atoms with Gasteiger partial charge in [-0.05, 0) is 22.8 Å². The van der Waals surface area contributed by atoms with Gasteiger partial charge in [-0.3, -0.25) is 0 Å². The molecule has 0 heterocycles. The van der Waals surface area contributed by atoms with E-state index in [1.807, 2.05) is 36.6 Å². The fourth-order valence-electron chi connectivity index (χ4n) is 1.16. The average molecular weight is 220 g/mol. The Morgan fingerprint density at radius 3 is 2.47 bits per heavy atom. The molecule has 0 radical (unpaired) electrons. The quantitative estimate of drug-likeness (QED) is 0.626. The average Bonchev–Trinajstić information content (AvgIpc) is 2.26. The Morgan fingerprint density at radius 1 is 1.40 bits per heavy atom. The summed E-state index contributed by atoms with van der Waals surface area (Å²) in [5.74, 6) is -0.946. The molecule has 0 aromatic heterocycles. The maximum absolute atomic E-state index is 11.0. The van der Waals surface area contributed by atoms with Crippen LogP contribution < -0.4 is 0 Å². The molecular weight excluding hydrogens is 208 g/mol. The molecule has 0 aliphatic carbocycles. The van der Waals surface area contributed by atoms with Gasteiger partial charge < -0.3 is 5.11 Å². The van der Waals surface area contributed by atoms with Crippen LogP contribution >= 0.6 is 11.8 Å². The van der Waals surface area contributed by atoms with Crippen molar-refractivity contribution in [2.45, 2.75) is 0 Å². The number of hydrogen-bond donors (Lipinski definition) is 1. The normalized spacial score (nSPS) is 11.1. The highest BCUT2D eigenvalue weighted by Crippen LogP contribution is 2.22. The van der Waals surface area contributed by atoms with Crippen molar-refractivity contribution in [1.29, 1.82) is 0 Å². The van der Waals surface area contributed by atoms with Gasteiger partial charge in [0.2, 0.25) is 0 Å². The first-order valence-corrected chi connectivity index (χ1v) is 5.66. The van der Waals surface area contributed by atoms with Crippen molar-refractivity contribution in [3.8, 4) is 0 Å². The third kappa shape index (κ3) is 2.99. The lowest BCUT2D eigenvalue weighted by atomic mass is 10.0. The van der Waals surface area contributed by atoms with Crippen LogP contribution in [0.25, 0.3) is 5.57 Å². The van der Waals surface area contributed by atoms with Crippen molar-refractivity contribution in [3.05, 3.63) is 53.5 Å². The molecule has 3 heteroatoms. The summed E-state index contributed by atoms with van der Waals surface area (Å²) >= 11 is 1.36. The van der Waals surface area contributed by atoms with Gasteiger partial charge in [-0.15, -0.1) is 11.8 Å². The molecule has 1 rings (SSSR count). The van der Waals surface area contributed by atoms with E-state index in [-0.39, 0.29) is 5.57 Å². The zero-order valence-electron chi connectivity index (χ0n) is 8.43. The van der Waals surface area contributed by atoms with Gasteiger partial charge in [0.15, 0.2) is 0 Å². The standard InChI is InChI=1S/C12H12O2S/c1-9(10-6-4-3-5-7-10)11(8-15-2)12(13)14/h3-8H,1H2,2H3,(H,13,14)/b11-8+. The van der Waals surface area contributed by atoms with Crippen LogP contribution in [0.2, 0.25) is 0 Å². The van der Waals surface area contributed by atoms with E-state index in [1.54, 1.807) is 5.41 Å². The van der Waals surface area contributed by atoms with Gasteiger partial charge >= 0.3 is 5.97 Å². The second-order valence-electron chi connectivity index (χ2n) is 2.92. The number of carboxylic acids is 1. The topological polar surface area (TPSA) is 37.3 Å². The first-order chi connectivity index (χ1) is 7.16. The summed E-state index contributed by atoms with van der Waals surface area (Å²) in [4.78, 5) is 11.0. The van der Waals surface area contributed by atoms with Crippen LogP contribution in [0, 0.1) is 0 Å². The Kier molecular flexibility index (Phi) is 4.18. The number of benzene rings is 1. The second-order valence-corrected chi connectivity index (χ2v) is 3.62. The van der Waals surface area contributed by atoms with Gasteiger partial charge in [-0.25, -0.2) is 4.79 Å². The molecule has 2 nitrogen and oxygen atoms in total.